The molecule has 1 heterocycles. The fraction of sp³-hybridized carbons (Fsp3) is 0.448. The Morgan fingerprint density at radius 1 is 1.00 bits per heavy atom. The molecular formula is C29H38N2O5. The van der Waals surface area contributed by atoms with E-state index in [1.165, 1.54) is 0 Å². The summed E-state index contributed by atoms with van der Waals surface area (Å²) in [6.45, 7) is 9.58. The number of amides is 1. The van der Waals surface area contributed by atoms with Gasteiger partial charge in [0.05, 0.1) is 25.3 Å². The minimum atomic E-state index is -0.707. The van der Waals surface area contributed by atoms with Crippen LogP contribution in [0.5, 0.6) is 11.5 Å². The van der Waals surface area contributed by atoms with Crippen molar-refractivity contribution in [3.63, 3.8) is 0 Å². The van der Waals surface area contributed by atoms with Gasteiger partial charge in [0, 0.05) is 18.7 Å². The zero-order valence-corrected chi connectivity index (χ0v) is 21.8. The molecule has 2 aromatic carbocycles. The summed E-state index contributed by atoms with van der Waals surface area (Å²) >= 11 is 0. The Labute approximate surface area is 214 Å². The minimum absolute atomic E-state index is 0.0906. The SMILES string of the molecule is CCCCCOc1cccc(C2/C(=C(\O)c3ccc(OC)cc3)C(=O)C(=O)N2CCN(CC)CC)c1. The van der Waals surface area contributed by atoms with Crippen molar-refractivity contribution in [1.29, 1.82) is 0 Å². The molecule has 7 heteroatoms. The number of rotatable bonds is 13. The lowest BCUT2D eigenvalue weighted by molar-refractivity contribution is -0.140. The molecule has 0 saturated carbocycles. The van der Waals surface area contributed by atoms with E-state index in [1.54, 1.807) is 36.3 Å². The summed E-state index contributed by atoms with van der Waals surface area (Å²) in [5.74, 6) is -0.155. The molecular weight excluding hydrogens is 456 g/mol. The van der Waals surface area contributed by atoms with Crippen molar-refractivity contribution in [3.8, 4) is 11.5 Å². The molecule has 1 aliphatic heterocycles. The number of benzene rings is 2. The summed E-state index contributed by atoms with van der Waals surface area (Å²) in [4.78, 5) is 30.3. The number of ether oxygens (including phenoxy) is 2. The highest BCUT2D eigenvalue weighted by Gasteiger charge is 2.46. The third kappa shape index (κ3) is 6.26. The molecule has 1 aliphatic rings. The molecule has 1 atom stereocenters. The average Bonchev–Trinajstić information content (AvgIpc) is 3.16. The molecule has 1 fully saturated rings. The molecule has 0 radical (unpaired) electrons. The summed E-state index contributed by atoms with van der Waals surface area (Å²) < 4.78 is 11.2. The lowest BCUT2D eigenvalue weighted by Gasteiger charge is -2.28. The van der Waals surface area contributed by atoms with E-state index < -0.39 is 17.7 Å². The Balaban J connectivity index is 2.02. The quantitative estimate of drug-likeness (QED) is 0.182. The highest BCUT2D eigenvalue weighted by molar-refractivity contribution is 6.46. The number of unbranched alkanes of at least 4 members (excludes halogenated alkanes) is 2. The van der Waals surface area contributed by atoms with Crippen LogP contribution in [0, 0.1) is 0 Å². The first-order valence-corrected chi connectivity index (χ1v) is 12.8. The number of Topliss-reactive ketones (excluding diaryl/α,β-unsaturated/α-hetero) is 1. The number of methoxy groups -OCH3 is 1. The van der Waals surface area contributed by atoms with Crippen molar-refractivity contribution < 1.29 is 24.2 Å². The fourth-order valence-corrected chi connectivity index (χ4v) is 4.47. The minimum Gasteiger partial charge on any atom is -0.507 e. The highest BCUT2D eigenvalue weighted by Crippen LogP contribution is 2.40. The van der Waals surface area contributed by atoms with Crippen molar-refractivity contribution in [1.82, 2.24) is 9.80 Å². The normalized spacial score (nSPS) is 17.1. The smallest absolute Gasteiger partial charge is 0.295 e. The van der Waals surface area contributed by atoms with Crippen LogP contribution in [-0.4, -0.2) is 66.5 Å². The number of carbonyl (C=O) groups is 2. The van der Waals surface area contributed by atoms with Gasteiger partial charge in [0.2, 0.25) is 0 Å². The van der Waals surface area contributed by atoms with Gasteiger partial charge in [-0.3, -0.25) is 9.59 Å². The summed E-state index contributed by atoms with van der Waals surface area (Å²) in [5.41, 5.74) is 1.28. The number of likely N-dealkylation sites (tertiary alicyclic amines) is 1. The molecule has 1 saturated heterocycles. The van der Waals surface area contributed by atoms with Gasteiger partial charge in [-0.2, -0.15) is 0 Å². The van der Waals surface area contributed by atoms with Crippen LogP contribution >= 0.6 is 0 Å². The van der Waals surface area contributed by atoms with Crippen molar-refractivity contribution in [2.45, 2.75) is 46.1 Å². The summed E-state index contributed by atoms with van der Waals surface area (Å²) in [6, 6.07) is 13.6. The topological polar surface area (TPSA) is 79.3 Å². The molecule has 0 bridgehead atoms. The maximum Gasteiger partial charge on any atom is 0.295 e. The lowest BCUT2D eigenvalue weighted by atomic mass is 9.95. The predicted molar refractivity (Wildman–Crippen MR) is 141 cm³/mol. The number of aliphatic hydroxyl groups is 1. The van der Waals surface area contributed by atoms with Gasteiger partial charge in [-0.15, -0.1) is 0 Å². The van der Waals surface area contributed by atoms with Crippen LogP contribution < -0.4 is 9.47 Å². The van der Waals surface area contributed by atoms with Crippen LogP contribution in [0.1, 0.15) is 57.2 Å². The van der Waals surface area contributed by atoms with Gasteiger partial charge >= 0.3 is 0 Å². The highest BCUT2D eigenvalue weighted by atomic mass is 16.5. The van der Waals surface area contributed by atoms with Crippen molar-refractivity contribution in [2.75, 3.05) is 39.9 Å². The third-order valence-electron chi connectivity index (χ3n) is 6.65. The Morgan fingerprint density at radius 3 is 2.36 bits per heavy atom. The molecule has 0 aromatic heterocycles. The standard InChI is InChI=1S/C29H38N2O5/c1-5-8-9-19-36-24-12-10-11-22(20-24)26-25(27(32)21-13-15-23(35-4)16-14-21)28(33)29(34)31(26)18-17-30(6-2)7-3/h10-16,20,26,32H,5-9,17-19H2,1-4H3/b27-25+. The molecule has 1 amide bonds. The van der Waals surface area contributed by atoms with Gasteiger partial charge in [0.25, 0.3) is 11.7 Å². The monoisotopic (exact) mass is 494 g/mol. The van der Waals surface area contributed by atoms with Gasteiger partial charge in [0.1, 0.15) is 17.3 Å². The second-order valence-corrected chi connectivity index (χ2v) is 8.88. The number of nitrogens with zero attached hydrogens (tertiary/aromatic N) is 2. The summed E-state index contributed by atoms with van der Waals surface area (Å²) in [5, 5.41) is 11.3. The molecule has 3 rings (SSSR count). The zero-order chi connectivity index (χ0) is 26.1. The first-order chi connectivity index (χ1) is 17.4. The van der Waals surface area contributed by atoms with Crippen LogP contribution in [0.2, 0.25) is 0 Å². The average molecular weight is 495 g/mol. The van der Waals surface area contributed by atoms with Gasteiger partial charge in [0.15, 0.2) is 0 Å². The Bertz CT molecular complexity index is 1060. The third-order valence-corrected chi connectivity index (χ3v) is 6.65. The number of carbonyl (C=O) groups excluding carboxylic acids is 2. The van der Waals surface area contributed by atoms with E-state index in [4.69, 9.17) is 9.47 Å². The van der Waals surface area contributed by atoms with Gasteiger partial charge in [-0.1, -0.05) is 45.7 Å². The van der Waals surface area contributed by atoms with E-state index in [1.807, 2.05) is 24.3 Å². The van der Waals surface area contributed by atoms with E-state index >= 15 is 0 Å². The van der Waals surface area contributed by atoms with Crippen LogP contribution in [-0.2, 0) is 9.59 Å². The van der Waals surface area contributed by atoms with Crippen molar-refractivity contribution >= 4 is 17.4 Å². The molecule has 7 nitrogen and oxygen atoms in total. The second-order valence-electron chi connectivity index (χ2n) is 8.88. The number of hydrogen-bond acceptors (Lipinski definition) is 6. The van der Waals surface area contributed by atoms with Crippen molar-refractivity contribution in [2.24, 2.45) is 0 Å². The van der Waals surface area contributed by atoms with E-state index in [9.17, 15) is 14.7 Å². The van der Waals surface area contributed by atoms with E-state index in [0.29, 0.717) is 36.8 Å². The molecule has 2 aromatic rings. The van der Waals surface area contributed by atoms with Crippen LogP contribution in [0.4, 0.5) is 0 Å². The molecule has 194 valence electrons. The van der Waals surface area contributed by atoms with Gasteiger partial charge < -0.3 is 24.4 Å². The Kier molecular flexibility index (Phi) is 9.94. The molecule has 1 N–H and O–H groups in total. The van der Waals surface area contributed by atoms with Gasteiger partial charge in [-0.25, -0.2) is 0 Å². The maximum atomic E-state index is 13.3. The number of hydrogen-bond donors (Lipinski definition) is 1. The van der Waals surface area contributed by atoms with Crippen LogP contribution in [0.3, 0.4) is 0 Å². The predicted octanol–water partition coefficient (Wildman–Crippen LogP) is 5.03. The first kappa shape index (κ1) is 27.3. The van der Waals surface area contributed by atoms with Gasteiger partial charge in [-0.05, 0) is 61.5 Å². The van der Waals surface area contributed by atoms with Crippen LogP contribution in [0.15, 0.2) is 54.1 Å². The Hall–Kier alpha value is -3.32. The first-order valence-electron chi connectivity index (χ1n) is 12.8. The van der Waals surface area contributed by atoms with E-state index in [0.717, 1.165) is 37.9 Å². The Morgan fingerprint density at radius 2 is 1.72 bits per heavy atom. The molecule has 36 heavy (non-hydrogen) atoms. The molecule has 0 aliphatic carbocycles. The zero-order valence-electron chi connectivity index (χ0n) is 21.8. The molecule has 1 unspecified atom stereocenters. The van der Waals surface area contributed by atoms with Crippen molar-refractivity contribution in [3.05, 3.63) is 65.2 Å². The fourth-order valence-electron chi connectivity index (χ4n) is 4.47. The maximum absolute atomic E-state index is 13.3. The lowest BCUT2D eigenvalue weighted by Crippen LogP contribution is -2.38. The largest absolute Gasteiger partial charge is 0.507 e. The molecule has 0 spiro atoms. The summed E-state index contributed by atoms with van der Waals surface area (Å²) in [7, 11) is 1.56. The van der Waals surface area contributed by atoms with E-state index in [-0.39, 0.29) is 11.3 Å². The summed E-state index contributed by atoms with van der Waals surface area (Å²) in [6.07, 6.45) is 3.16. The number of ketones is 1. The van der Waals surface area contributed by atoms with Crippen LogP contribution in [0.25, 0.3) is 5.76 Å². The van der Waals surface area contributed by atoms with E-state index in [2.05, 4.69) is 25.7 Å². The number of aliphatic hydroxyl groups excluding tert-OH is 1. The number of likely N-dealkylation sites (N-methyl/N-ethyl adjacent to an activating group) is 1. The second kappa shape index (κ2) is 13.1.